The van der Waals surface area contributed by atoms with Crippen LogP contribution in [0.15, 0.2) is 48.8 Å². The molecular weight excluding hydrogens is 386 g/mol. The summed E-state index contributed by atoms with van der Waals surface area (Å²) in [6, 6.07) is 11.2. The first kappa shape index (κ1) is 18.9. The summed E-state index contributed by atoms with van der Waals surface area (Å²) in [5.74, 6) is 0.306. The maximum absolute atomic E-state index is 12.9. The number of carbonyl (C=O) groups is 1. The number of hydrogen-bond donors (Lipinski definition) is 1. The maximum atomic E-state index is 12.9. The van der Waals surface area contributed by atoms with E-state index in [9.17, 15) is 4.79 Å². The lowest BCUT2D eigenvalue weighted by molar-refractivity contribution is 0.102. The summed E-state index contributed by atoms with van der Waals surface area (Å²) >= 11 is 1.31. The number of amides is 1. The van der Waals surface area contributed by atoms with Gasteiger partial charge in [-0.05, 0) is 43.6 Å². The predicted molar refractivity (Wildman–Crippen MR) is 113 cm³/mol. The second-order valence-electron chi connectivity index (χ2n) is 6.37. The molecule has 0 aliphatic rings. The Balaban J connectivity index is 1.55. The number of para-hydroxylation sites is 2. The molecule has 1 aromatic carbocycles. The standard InChI is InChI=1S/C21H19N5O2S/c1-3-28-19-9-8-14(11-23-19)25-21(27)20-13(2)26-29-18(20)10-15-12-22-16-6-4-5-7-17(16)24-15/h4-9,11-12H,3,10H2,1-2H3,(H,25,27). The van der Waals surface area contributed by atoms with E-state index in [4.69, 9.17) is 4.74 Å². The average Bonchev–Trinajstić information content (AvgIpc) is 3.09. The van der Waals surface area contributed by atoms with Crippen molar-refractivity contribution in [1.29, 1.82) is 0 Å². The molecule has 146 valence electrons. The molecule has 29 heavy (non-hydrogen) atoms. The summed E-state index contributed by atoms with van der Waals surface area (Å²) in [6.07, 6.45) is 3.82. The number of rotatable bonds is 6. The van der Waals surface area contributed by atoms with Crippen LogP contribution in [0, 0.1) is 6.92 Å². The minimum Gasteiger partial charge on any atom is -0.478 e. The largest absolute Gasteiger partial charge is 0.478 e. The Morgan fingerprint density at radius 1 is 1.10 bits per heavy atom. The molecular formula is C21H19N5O2S. The molecule has 1 amide bonds. The second kappa shape index (κ2) is 8.32. The van der Waals surface area contributed by atoms with Gasteiger partial charge >= 0.3 is 0 Å². The molecule has 0 aliphatic carbocycles. The zero-order valence-electron chi connectivity index (χ0n) is 16.0. The Hall–Kier alpha value is -3.39. The van der Waals surface area contributed by atoms with Crippen LogP contribution in [0.5, 0.6) is 5.88 Å². The number of aryl methyl sites for hydroxylation is 1. The number of aromatic nitrogens is 4. The average molecular weight is 405 g/mol. The fourth-order valence-corrected chi connectivity index (χ4v) is 3.84. The Labute approximate surface area is 172 Å². The van der Waals surface area contributed by atoms with E-state index in [2.05, 4.69) is 24.6 Å². The number of benzene rings is 1. The Morgan fingerprint density at radius 3 is 2.69 bits per heavy atom. The summed E-state index contributed by atoms with van der Waals surface area (Å²) in [7, 11) is 0. The third kappa shape index (κ3) is 4.22. The van der Waals surface area contributed by atoms with Crippen molar-refractivity contribution in [3.8, 4) is 5.88 Å². The molecule has 1 N–H and O–H groups in total. The Kier molecular flexibility index (Phi) is 5.44. The minimum absolute atomic E-state index is 0.217. The van der Waals surface area contributed by atoms with Crippen LogP contribution in [0.2, 0.25) is 0 Å². The molecule has 7 nitrogen and oxygen atoms in total. The molecule has 3 aromatic heterocycles. The summed E-state index contributed by atoms with van der Waals surface area (Å²) in [5.41, 5.74) is 4.33. The normalized spacial score (nSPS) is 10.8. The zero-order valence-corrected chi connectivity index (χ0v) is 16.9. The summed E-state index contributed by atoms with van der Waals surface area (Å²) in [5, 5.41) is 2.88. The maximum Gasteiger partial charge on any atom is 0.258 e. The smallest absolute Gasteiger partial charge is 0.258 e. The quantitative estimate of drug-likeness (QED) is 0.521. The monoisotopic (exact) mass is 405 g/mol. The van der Waals surface area contributed by atoms with Crippen LogP contribution >= 0.6 is 11.5 Å². The number of hydrogen-bond acceptors (Lipinski definition) is 7. The summed E-state index contributed by atoms with van der Waals surface area (Å²) in [4.78, 5) is 27.0. The van der Waals surface area contributed by atoms with Crippen LogP contribution < -0.4 is 10.1 Å². The van der Waals surface area contributed by atoms with Crippen molar-refractivity contribution >= 4 is 34.2 Å². The lowest BCUT2D eigenvalue weighted by Crippen LogP contribution is -2.14. The van der Waals surface area contributed by atoms with Crippen molar-refractivity contribution in [2.45, 2.75) is 20.3 Å². The van der Waals surface area contributed by atoms with Gasteiger partial charge in [-0.1, -0.05) is 12.1 Å². The highest BCUT2D eigenvalue weighted by molar-refractivity contribution is 7.06. The molecule has 0 aliphatic heterocycles. The number of fused-ring (bicyclic) bond motifs is 1. The number of ether oxygens (including phenoxy) is 1. The highest BCUT2D eigenvalue weighted by Crippen LogP contribution is 2.23. The summed E-state index contributed by atoms with van der Waals surface area (Å²) < 4.78 is 9.70. The number of anilines is 1. The molecule has 3 heterocycles. The SMILES string of the molecule is CCOc1ccc(NC(=O)c2c(C)nsc2Cc2cnc3ccccc3n2)cn1. The third-order valence-electron chi connectivity index (χ3n) is 4.29. The molecule has 4 aromatic rings. The Bertz CT molecular complexity index is 1160. The highest BCUT2D eigenvalue weighted by Gasteiger charge is 2.19. The molecule has 0 saturated heterocycles. The molecule has 0 atom stereocenters. The van der Waals surface area contributed by atoms with E-state index < -0.39 is 0 Å². The van der Waals surface area contributed by atoms with E-state index in [0.717, 1.165) is 21.6 Å². The molecule has 0 unspecified atom stereocenters. The van der Waals surface area contributed by atoms with E-state index in [0.29, 0.717) is 35.9 Å². The first-order chi connectivity index (χ1) is 14.1. The molecule has 4 rings (SSSR count). The van der Waals surface area contributed by atoms with Crippen LogP contribution in [0.1, 0.15) is 33.5 Å². The van der Waals surface area contributed by atoms with Crippen molar-refractivity contribution in [2.24, 2.45) is 0 Å². The van der Waals surface area contributed by atoms with Gasteiger partial charge in [-0.15, -0.1) is 0 Å². The van der Waals surface area contributed by atoms with Crippen molar-refractivity contribution in [3.05, 3.63) is 70.6 Å². The van der Waals surface area contributed by atoms with Gasteiger partial charge in [-0.25, -0.2) is 9.97 Å². The Morgan fingerprint density at radius 2 is 1.93 bits per heavy atom. The fourth-order valence-electron chi connectivity index (χ4n) is 2.95. The lowest BCUT2D eigenvalue weighted by Gasteiger charge is -2.08. The third-order valence-corrected chi connectivity index (χ3v) is 5.22. The van der Waals surface area contributed by atoms with E-state index in [1.807, 2.05) is 38.1 Å². The molecule has 0 fully saturated rings. The van der Waals surface area contributed by atoms with E-state index in [1.165, 1.54) is 11.5 Å². The van der Waals surface area contributed by atoms with Gasteiger partial charge in [-0.2, -0.15) is 4.37 Å². The highest BCUT2D eigenvalue weighted by atomic mass is 32.1. The molecule has 0 radical (unpaired) electrons. The van der Waals surface area contributed by atoms with Crippen LogP contribution in [0.4, 0.5) is 5.69 Å². The zero-order chi connectivity index (χ0) is 20.2. The van der Waals surface area contributed by atoms with Gasteiger partial charge in [0.1, 0.15) is 0 Å². The minimum atomic E-state index is -0.217. The van der Waals surface area contributed by atoms with Crippen molar-refractivity contribution in [3.63, 3.8) is 0 Å². The van der Waals surface area contributed by atoms with Gasteiger partial charge in [0.05, 0.1) is 46.5 Å². The van der Waals surface area contributed by atoms with Crippen LogP contribution in [0.25, 0.3) is 11.0 Å². The predicted octanol–water partition coefficient (Wildman–Crippen LogP) is 4.03. The number of pyridine rings is 1. The molecule has 0 spiro atoms. The van der Waals surface area contributed by atoms with Gasteiger partial charge in [0, 0.05) is 23.6 Å². The molecule has 0 saturated carbocycles. The van der Waals surface area contributed by atoms with Gasteiger partial charge in [0.2, 0.25) is 5.88 Å². The van der Waals surface area contributed by atoms with Crippen LogP contribution in [-0.4, -0.2) is 31.8 Å². The van der Waals surface area contributed by atoms with Crippen molar-refractivity contribution in [2.75, 3.05) is 11.9 Å². The van der Waals surface area contributed by atoms with Crippen molar-refractivity contribution < 1.29 is 9.53 Å². The molecule has 8 heteroatoms. The fraction of sp³-hybridized carbons (Fsp3) is 0.190. The first-order valence-corrected chi connectivity index (χ1v) is 9.97. The van der Waals surface area contributed by atoms with Crippen LogP contribution in [0.3, 0.4) is 0 Å². The number of nitrogens with one attached hydrogen (secondary N) is 1. The number of nitrogens with zero attached hydrogens (tertiary/aromatic N) is 4. The second-order valence-corrected chi connectivity index (χ2v) is 7.22. The van der Waals surface area contributed by atoms with Gasteiger partial charge in [0.25, 0.3) is 5.91 Å². The number of carbonyl (C=O) groups excluding carboxylic acids is 1. The van der Waals surface area contributed by atoms with E-state index >= 15 is 0 Å². The van der Waals surface area contributed by atoms with Crippen molar-refractivity contribution in [1.82, 2.24) is 19.3 Å². The topological polar surface area (TPSA) is 89.9 Å². The van der Waals surface area contributed by atoms with E-state index in [-0.39, 0.29) is 5.91 Å². The summed E-state index contributed by atoms with van der Waals surface area (Å²) in [6.45, 7) is 4.27. The first-order valence-electron chi connectivity index (χ1n) is 9.20. The van der Waals surface area contributed by atoms with Gasteiger partial charge in [-0.3, -0.25) is 9.78 Å². The van der Waals surface area contributed by atoms with Gasteiger partial charge in [0.15, 0.2) is 0 Å². The van der Waals surface area contributed by atoms with E-state index in [1.54, 1.807) is 24.5 Å². The lowest BCUT2D eigenvalue weighted by atomic mass is 10.1. The van der Waals surface area contributed by atoms with Gasteiger partial charge < -0.3 is 10.1 Å². The molecule has 0 bridgehead atoms. The van der Waals surface area contributed by atoms with Crippen LogP contribution in [-0.2, 0) is 6.42 Å².